The van der Waals surface area contributed by atoms with Crippen LogP contribution in [0.25, 0.3) is 12.3 Å². The van der Waals surface area contributed by atoms with Crippen LogP contribution in [0.2, 0.25) is 0 Å². The Labute approximate surface area is 94.2 Å². The molecule has 1 aromatic rings. The van der Waals surface area contributed by atoms with Gasteiger partial charge in [-0.05, 0) is 19.9 Å². The second-order valence-electron chi connectivity index (χ2n) is 3.24. The summed E-state index contributed by atoms with van der Waals surface area (Å²) in [6, 6.07) is 0. The number of nitrogens with zero attached hydrogens (tertiary/aromatic N) is 2. The van der Waals surface area contributed by atoms with Crippen LogP contribution in [-0.2, 0) is 4.79 Å². The Morgan fingerprint density at radius 2 is 2.31 bits per heavy atom. The highest BCUT2D eigenvalue weighted by Crippen LogP contribution is 2.09. The van der Waals surface area contributed by atoms with E-state index in [2.05, 4.69) is 11.6 Å². The number of allylic oxidation sites excluding steroid dienone is 1. The zero-order valence-electron chi connectivity index (χ0n) is 9.34. The Morgan fingerprint density at radius 1 is 1.62 bits per heavy atom. The smallest absolute Gasteiger partial charge is 0.335 e. The minimum Gasteiger partial charge on any atom is -0.478 e. The first-order valence-electron chi connectivity index (χ1n) is 4.84. The highest BCUT2D eigenvalue weighted by molar-refractivity contribution is 5.94. The number of aromatic nitrogens is 2. The molecule has 0 aliphatic heterocycles. The van der Waals surface area contributed by atoms with Crippen molar-refractivity contribution < 1.29 is 9.90 Å². The molecular formula is C12H14N2O2. The van der Waals surface area contributed by atoms with Crippen molar-refractivity contribution in [2.24, 2.45) is 0 Å². The van der Waals surface area contributed by atoms with Crippen LogP contribution in [0.15, 0.2) is 30.5 Å². The number of hydrogen-bond donors (Lipinski definition) is 1. The lowest BCUT2D eigenvalue weighted by Crippen LogP contribution is -1.98. The molecule has 4 nitrogen and oxygen atoms in total. The third kappa shape index (κ3) is 2.70. The van der Waals surface area contributed by atoms with E-state index in [1.54, 1.807) is 4.57 Å². The van der Waals surface area contributed by atoms with Gasteiger partial charge in [0.2, 0.25) is 0 Å². The zero-order valence-corrected chi connectivity index (χ0v) is 9.34. The maximum Gasteiger partial charge on any atom is 0.335 e. The quantitative estimate of drug-likeness (QED) is 0.623. The summed E-state index contributed by atoms with van der Waals surface area (Å²) in [7, 11) is 0. The van der Waals surface area contributed by atoms with Gasteiger partial charge >= 0.3 is 5.97 Å². The van der Waals surface area contributed by atoms with Gasteiger partial charge in [-0.2, -0.15) is 0 Å². The molecule has 0 aliphatic carbocycles. The molecule has 1 aromatic heterocycles. The molecule has 0 radical (unpaired) electrons. The molecule has 0 saturated heterocycles. The number of imidazole rings is 1. The summed E-state index contributed by atoms with van der Waals surface area (Å²) in [6.45, 7) is 7.19. The predicted octanol–water partition coefficient (Wildman–Crippen LogP) is 2.34. The third-order valence-electron chi connectivity index (χ3n) is 1.94. The molecular weight excluding hydrogens is 204 g/mol. The lowest BCUT2D eigenvalue weighted by Gasteiger charge is -1.97. The lowest BCUT2D eigenvalue weighted by molar-refractivity contribution is -0.132. The van der Waals surface area contributed by atoms with E-state index in [0.29, 0.717) is 5.82 Å². The van der Waals surface area contributed by atoms with Crippen LogP contribution in [0.4, 0.5) is 0 Å². The fourth-order valence-corrected chi connectivity index (χ4v) is 1.27. The number of carboxylic acid groups (broad SMARTS) is 1. The minimum atomic E-state index is -1.01. The summed E-state index contributed by atoms with van der Waals surface area (Å²) in [5.74, 6) is -0.435. The van der Waals surface area contributed by atoms with Crippen LogP contribution in [-0.4, -0.2) is 20.6 Å². The first kappa shape index (κ1) is 12.0. The lowest BCUT2D eigenvalue weighted by atomic mass is 10.2. The molecule has 0 saturated carbocycles. The molecule has 1 N–H and O–H groups in total. The number of hydrogen-bond acceptors (Lipinski definition) is 2. The van der Waals surface area contributed by atoms with Crippen molar-refractivity contribution in [3.63, 3.8) is 0 Å². The van der Waals surface area contributed by atoms with Crippen LogP contribution >= 0.6 is 0 Å². The molecule has 0 fully saturated rings. The van der Waals surface area contributed by atoms with E-state index in [4.69, 9.17) is 5.11 Å². The van der Waals surface area contributed by atoms with E-state index >= 15 is 0 Å². The standard InChI is InChI=1S/C12H14N2O2/c1-4-6-14-8-9(3)13-11(14)7-10(5-2)12(15)16/h4-8H,2H2,1,3H3,(H,15,16)/b6-4-,10-7+. The Kier molecular flexibility index (Phi) is 3.83. The number of carboxylic acids is 1. The molecule has 84 valence electrons. The maximum absolute atomic E-state index is 10.8. The second-order valence-corrected chi connectivity index (χ2v) is 3.24. The van der Waals surface area contributed by atoms with E-state index in [1.165, 1.54) is 12.2 Å². The van der Waals surface area contributed by atoms with Crippen molar-refractivity contribution in [2.45, 2.75) is 13.8 Å². The average Bonchev–Trinajstić information content (AvgIpc) is 2.55. The summed E-state index contributed by atoms with van der Waals surface area (Å²) in [4.78, 5) is 15.0. The van der Waals surface area contributed by atoms with Crippen LogP contribution < -0.4 is 0 Å². The molecule has 0 amide bonds. The van der Waals surface area contributed by atoms with E-state index < -0.39 is 5.97 Å². The van der Waals surface area contributed by atoms with E-state index in [-0.39, 0.29) is 5.57 Å². The van der Waals surface area contributed by atoms with Gasteiger partial charge in [-0.3, -0.25) is 0 Å². The number of aliphatic carboxylic acids is 1. The van der Waals surface area contributed by atoms with Gasteiger partial charge in [0.05, 0.1) is 11.3 Å². The van der Waals surface area contributed by atoms with Crippen LogP contribution in [0.5, 0.6) is 0 Å². The third-order valence-corrected chi connectivity index (χ3v) is 1.94. The Morgan fingerprint density at radius 3 is 2.81 bits per heavy atom. The van der Waals surface area contributed by atoms with Crippen molar-refractivity contribution in [3.8, 4) is 0 Å². The molecule has 0 unspecified atom stereocenters. The number of carbonyl (C=O) groups is 1. The minimum absolute atomic E-state index is 0.122. The van der Waals surface area contributed by atoms with Gasteiger partial charge in [-0.1, -0.05) is 18.7 Å². The highest BCUT2D eigenvalue weighted by Gasteiger charge is 2.06. The van der Waals surface area contributed by atoms with Crippen LogP contribution in [0, 0.1) is 6.92 Å². The summed E-state index contributed by atoms with van der Waals surface area (Å²) in [6.07, 6.45) is 8.28. The largest absolute Gasteiger partial charge is 0.478 e. The summed E-state index contributed by atoms with van der Waals surface area (Å²) < 4.78 is 1.77. The van der Waals surface area contributed by atoms with Crippen molar-refractivity contribution in [1.29, 1.82) is 0 Å². The summed E-state index contributed by atoms with van der Waals surface area (Å²) in [5.41, 5.74) is 0.953. The fraction of sp³-hybridized carbons (Fsp3) is 0.167. The van der Waals surface area contributed by atoms with E-state index in [1.807, 2.05) is 32.3 Å². The summed E-state index contributed by atoms with van der Waals surface area (Å²) in [5, 5.41) is 8.87. The summed E-state index contributed by atoms with van der Waals surface area (Å²) >= 11 is 0. The molecule has 0 aliphatic rings. The van der Waals surface area contributed by atoms with Crippen LogP contribution in [0.1, 0.15) is 18.4 Å². The molecule has 0 atom stereocenters. The molecule has 4 heteroatoms. The van der Waals surface area contributed by atoms with Crippen molar-refractivity contribution in [3.05, 3.63) is 42.0 Å². The normalized spacial score (nSPS) is 12.0. The van der Waals surface area contributed by atoms with Gasteiger partial charge in [-0.25, -0.2) is 9.78 Å². The SMILES string of the molecule is C=C/C(=C\c1nc(C)cn1/C=C\C)C(=O)O. The van der Waals surface area contributed by atoms with Crippen LogP contribution in [0.3, 0.4) is 0 Å². The zero-order chi connectivity index (χ0) is 12.1. The van der Waals surface area contributed by atoms with Gasteiger partial charge < -0.3 is 9.67 Å². The fourth-order valence-electron chi connectivity index (χ4n) is 1.27. The molecule has 0 aromatic carbocycles. The molecule has 1 rings (SSSR count). The average molecular weight is 218 g/mol. The molecule has 16 heavy (non-hydrogen) atoms. The van der Waals surface area contributed by atoms with Gasteiger partial charge in [0, 0.05) is 12.4 Å². The van der Waals surface area contributed by atoms with Gasteiger partial charge in [0.15, 0.2) is 0 Å². The molecule has 1 heterocycles. The van der Waals surface area contributed by atoms with Crippen molar-refractivity contribution >= 4 is 18.2 Å². The monoisotopic (exact) mass is 218 g/mol. The molecule has 0 spiro atoms. The second kappa shape index (κ2) is 5.11. The first-order valence-corrected chi connectivity index (χ1v) is 4.84. The maximum atomic E-state index is 10.8. The Hall–Kier alpha value is -2.10. The van der Waals surface area contributed by atoms with Gasteiger partial charge in [0.25, 0.3) is 0 Å². The van der Waals surface area contributed by atoms with Crippen molar-refractivity contribution in [2.75, 3.05) is 0 Å². The first-order chi connectivity index (χ1) is 7.58. The van der Waals surface area contributed by atoms with Crippen molar-refractivity contribution in [1.82, 2.24) is 9.55 Å². The van der Waals surface area contributed by atoms with E-state index in [9.17, 15) is 4.79 Å². The number of rotatable bonds is 4. The highest BCUT2D eigenvalue weighted by atomic mass is 16.4. The molecule has 0 bridgehead atoms. The Balaban J connectivity index is 3.22. The topological polar surface area (TPSA) is 55.1 Å². The number of aryl methyl sites for hydroxylation is 1. The Bertz CT molecular complexity index is 467. The predicted molar refractivity (Wildman–Crippen MR) is 63.8 cm³/mol. The van der Waals surface area contributed by atoms with Gasteiger partial charge in [0.1, 0.15) is 5.82 Å². The van der Waals surface area contributed by atoms with E-state index in [0.717, 1.165) is 5.69 Å². The van der Waals surface area contributed by atoms with Gasteiger partial charge in [-0.15, -0.1) is 0 Å².